The Morgan fingerprint density at radius 2 is 1.53 bits per heavy atom. The fourth-order valence-electron chi connectivity index (χ4n) is 1.69. The fraction of sp³-hybridized carbons (Fsp3) is 0.923. The summed E-state index contributed by atoms with van der Waals surface area (Å²) in [7, 11) is 0. The Kier molecular flexibility index (Phi) is 9.91. The topological polar surface area (TPSA) is 44.7 Å². The van der Waals surface area contributed by atoms with Crippen LogP contribution in [-0.4, -0.2) is 11.8 Å². The van der Waals surface area contributed by atoms with Crippen LogP contribution in [0.25, 0.3) is 0 Å². The van der Waals surface area contributed by atoms with Crippen LogP contribution in [0, 0.1) is 0 Å². The fourth-order valence-corrected chi connectivity index (χ4v) is 1.69. The van der Waals surface area contributed by atoms with Gasteiger partial charge >= 0.3 is 0 Å². The summed E-state index contributed by atoms with van der Waals surface area (Å²) >= 11 is 0. The van der Waals surface area contributed by atoms with E-state index in [1.807, 2.05) is 6.92 Å². The highest BCUT2D eigenvalue weighted by Crippen LogP contribution is 2.09. The number of carbonyl (C=O) groups is 1. The molecule has 0 aromatic heterocycles. The lowest BCUT2D eigenvalue weighted by atomic mass is 10.0. The Bertz CT molecular complexity index is 157. The van der Waals surface area contributed by atoms with Crippen molar-refractivity contribution < 1.29 is 10.5 Å². The molecule has 0 fully saturated rings. The van der Waals surface area contributed by atoms with Crippen LogP contribution in [0.4, 0.5) is 0 Å². The molecule has 0 aromatic rings. The van der Waals surface area contributed by atoms with Gasteiger partial charge in [-0.3, -0.25) is 4.79 Å². The lowest BCUT2D eigenvalue weighted by molar-refractivity contribution is -0.403. The van der Waals surface area contributed by atoms with Crippen molar-refractivity contribution in [3.63, 3.8) is 0 Å². The van der Waals surface area contributed by atoms with Gasteiger partial charge in [0.1, 0.15) is 6.04 Å². The lowest BCUT2D eigenvalue weighted by Crippen LogP contribution is -2.64. The van der Waals surface area contributed by atoms with Crippen molar-refractivity contribution in [2.24, 2.45) is 0 Å². The van der Waals surface area contributed by atoms with E-state index in [0.29, 0.717) is 5.78 Å². The molecule has 0 saturated carbocycles. The van der Waals surface area contributed by atoms with Gasteiger partial charge in [0.15, 0.2) is 5.78 Å². The second-order valence-corrected chi connectivity index (χ2v) is 4.44. The van der Waals surface area contributed by atoms with Crippen LogP contribution in [0.15, 0.2) is 0 Å². The number of Topliss-reactive ketones (excluding diaryl/α,β-unsaturated/α-hetero) is 1. The summed E-state index contributed by atoms with van der Waals surface area (Å²) < 4.78 is 0. The third-order valence-corrected chi connectivity index (χ3v) is 2.97. The average molecular weight is 214 g/mol. The van der Waals surface area contributed by atoms with Crippen molar-refractivity contribution in [2.75, 3.05) is 0 Å². The van der Waals surface area contributed by atoms with Crippen molar-refractivity contribution in [1.82, 2.24) is 0 Å². The maximum Gasteiger partial charge on any atom is 0.189 e. The zero-order valence-electron chi connectivity index (χ0n) is 10.6. The van der Waals surface area contributed by atoms with Crippen molar-refractivity contribution in [1.29, 1.82) is 0 Å². The number of quaternary nitrogens is 1. The van der Waals surface area contributed by atoms with Crippen molar-refractivity contribution in [3.8, 4) is 0 Å². The third kappa shape index (κ3) is 8.61. The minimum Gasteiger partial charge on any atom is -0.349 e. The highest BCUT2D eigenvalue weighted by Gasteiger charge is 2.13. The summed E-state index contributed by atoms with van der Waals surface area (Å²) in [5.41, 5.74) is 3.85. The number of hydrogen-bond acceptors (Lipinski definition) is 1. The molecule has 0 aliphatic carbocycles. The van der Waals surface area contributed by atoms with Crippen LogP contribution in [-0.2, 0) is 4.79 Å². The molecule has 2 heteroatoms. The molecule has 0 unspecified atom stereocenters. The van der Waals surface area contributed by atoms with E-state index in [1.54, 1.807) is 0 Å². The van der Waals surface area contributed by atoms with Crippen LogP contribution in [0.5, 0.6) is 0 Å². The molecule has 3 N–H and O–H groups in total. The number of hydrogen-bond donors (Lipinski definition) is 1. The van der Waals surface area contributed by atoms with Crippen LogP contribution < -0.4 is 5.73 Å². The Hall–Kier alpha value is -0.370. The zero-order valence-corrected chi connectivity index (χ0v) is 10.6. The Morgan fingerprint density at radius 1 is 1.00 bits per heavy atom. The van der Waals surface area contributed by atoms with Gasteiger partial charge in [-0.2, -0.15) is 0 Å². The molecule has 0 amide bonds. The normalized spacial score (nSPS) is 12.7. The van der Waals surface area contributed by atoms with Crippen molar-refractivity contribution in [3.05, 3.63) is 0 Å². The highest BCUT2D eigenvalue weighted by molar-refractivity contribution is 5.82. The summed E-state index contributed by atoms with van der Waals surface area (Å²) in [6, 6.07) is 0.0325. The largest absolute Gasteiger partial charge is 0.349 e. The van der Waals surface area contributed by atoms with E-state index in [0.717, 1.165) is 19.3 Å². The summed E-state index contributed by atoms with van der Waals surface area (Å²) in [4.78, 5) is 11.4. The number of ketones is 1. The summed E-state index contributed by atoms with van der Waals surface area (Å²) in [5.74, 6) is 0.353. The van der Waals surface area contributed by atoms with E-state index in [2.05, 4.69) is 12.7 Å². The predicted molar refractivity (Wildman–Crippen MR) is 64.6 cm³/mol. The van der Waals surface area contributed by atoms with Gasteiger partial charge in [-0.1, -0.05) is 52.4 Å². The quantitative estimate of drug-likeness (QED) is 0.558. The molecule has 0 radical (unpaired) electrons. The van der Waals surface area contributed by atoms with Gasteiger partial charge in [-0.05, 0) is 6.42 Å². The lowest BCUT2D eigenvalue weighted by Gasteiger charge is -2.04. The Balaban J connectivity index is 3.20. The summed E-state index contributed by atoms with van der Waals surface area (Å²) in [5, 5.41) is 0. The minimum atomic E-state index is 0.0325. The maximum atomic E-state index is 11.4. The highest BCUT2D eigenvalue weighted by atomic mass is 16.1. The number of carbonyl (C=O) groups excluding carboxylic acids is 1. The minimum absolute atomic E-state index is 0.0325. The monoisotopic (exact) mass is 214 g/mol. The van der Waals surface area contributed by atoms with Crippen molar-refractivity contribution >= 4 is 5.78 Å². The molecule has 0 aliphatic rings. The van der Waals surface area contributed by atoms with Gasteiger partial charge in [-0.15, -0.1) is 0 Å². The second-order valence-electron chi connectivity index (χ2n) is 4.44. The standard InChI is InChI=1S/C13H27NO/c1-3-5-6-7-8-9-10-11-13(15)12(14)4-2/h12H,3-11,14H2,1-2H3/p+1/t12-/m0/s1. The zero-order chi connectivity index (χ0) is 11.5. The number of unbranched alkanes of at least 4 members (excludes halogenated alkanes) is 6. The first-order valence-electron chi connectivity index (χ1n) is 6.58. The SMILES string of the molecule is CCCCCCCCCC(=O)[C@@H]([NH3+])CC. The van der Waals surface area contributed by atoms with Gasteiger partial charge in [0.05, 0.1) is 0 Å². The second kappa shape index (κ2) is 10.2. The molecule has 2 nitrogen and oxygen atoms in total. The smallest absolute Gasteiger partial charge is 0.189 e. The van der Waals surface area contributed by atoms with Crippen LogP contribution in [0.3, 0.4) is 0 Å². The third-order valence-electron chi connectivity index (χ3n) is 2.97. The molecular weight excluding hydrogens is 186 g/mol. The molecular formula is C13H28NO+. The molecule has 0 heterocycles. The van der Waals surface area contributed by atoms with Crippen LogP contribution in [0.2, 0.25) is 0 Å². The van der Waals surface area contributed by atoms with Crippen LogP contribution >= 0.6 is 0 Å². The van der Waals surface area contributed by atoms with E-state index in [9.17, 15) is 4.79 Å². The molecule has 90 valence electrons. The van der Waals surface area contributed by atoms with Crippen molar-refractivity contribution in [2.45, 2.75) is 77.7 Å². The van der Waals surface area contributed by atoms with E-state index in [-0.39, 0.29) is 6.04 Å². The maximum absolute atomic E-state index is 11.4. The molecule has 0 rings (SSSR count). The summed E-state index contributed by atoms with van der Waals surface area (Å²) in [6.07, 6.45) is 10.6. The van der Waals surface area contributed by atoms with Gasteiger partial charge in [0.2, 0.25) is 0 Å². The van der Waals surface area contributed by atoms with Crippen LogP contribution in [0.1, 0.15) is 71.6 Å². The predicted octanol–water partition coefficient (Wildman–Crippen LogP) is 2.72. The van der Waals surface area contributed by atoms with E-state index >= 15 is 0 Å². The van der Waals surface area contributed by atoms with Gasteiger partial charge in [0.25, 0.3) is 0 Å². The molecule has 0 bridgehead atoms. The molecule has 0 aliphatic heterocycles. The number of rotatable bonds is 10. The Labute approximate surface area is 94.6 Å². The first-order valence-corrected chi connectivity index (χ1v) is 6.58. The molecule has 15 heavy (non-hydrogen) atoms. The molecule has 0 aromatic carbocycles. The first-order chi connectivity index (χ1) is 7.22. The average Bonchev–Trinajstić information content (AvgIpc) is 2.26. The molecule has 0 spiro atoms. The van der Waals surface area contributed by atoms with E-state index in [4.69, 9.17) is 0 Å². The Morgan fingerprint density at radius 3 is 2.07 bits per heavy atom. The molecule has 1 atom stereocenters. The van der Waals surface area contributed by atoms with Gasteiger partial charge in [-0.25, -0.2) is 0 Å². The van der Waals surface area contributed by atoms with E-state index in [1.165, 1.54) is 38.5 Å². The molecule has 0 saturated heterocycles. The van der Waals surface area contributed by atoms with Gasteiger partial charge in [0, 0.05) is 12.8 Å². The summed E-state index contributed by atoms with van der Waals surface area (Å²) in [6.45, 7) is 4.26. The first kappa shape index (κ1) is 14.6. The van der Waals surface area contributed by atoms with E-state index < -0.39 is 0 Å². The van der Waals surface area contributed by atoms with Gasteiger partial charge < -0.3 is 5.73 Å².